The van der Waals surface area contributed by atoms with Gasteiger partial charge >= 0.3 is 0 Å². The summed E-state index contributed by atoms with van der Waals surface area (Å²) >= 11 is 17.9. The molecule has 16 heavy (non-hydrogen) atoms. The molecular weight excluding hydrogens is 271 g/mol. The van der Waals surface area contributed by atoms with Crippen LogP contribution in [-0.4, -0.2) is 4.98 Å². The van der Waals surface area contributed by atoms with Crippen molar-refractivity contribution < 1.29 is 4.39 Å². The largest absolute Gasteiger partial charge is 0.256 e. The molecule has 1 nitrogen and oxygen atoms in total. The third kappa shape index (κ3) is 2.14. The van der Waals surface area contributed by atoms with E-state index in [4.69, 9.17) is 34.8 Å². The zero-order chi connectivity index (χ0) is 11.7. The Balaban J connectivity index is 2.68. The molecule has 0 saturated heterocycles. The molecule has 1 heterocycles. The molecule has 2 rings (SSSR count). The first-order valence-corrected chi connectivity index (χ1v) is 5.48. The average Bonchev–Trinajstić information content (AvgIpc) is 2.24. The van der Waals surface area contributed by atoms with Crippen molar-refractivity contribution >= 4 is 34.8 Å². The van der Waals surface area contributed by atoms with Gasteiger partial charge in [-0.15, -0.1) is 0 Å². The molecule has 0 radical (unpaired) electrons. The number of hydrogen-bond donors (Lipinski definition) is 0. The number of hydrogen-bond acceptors (Lipinski definition) is 1. The van der Waals surface area contributed by atoms with Crippen LogP contribution in [-0.2, 0) is 0 Å². The van der Waals surface area contributed by atoms with E-state index >= 15 is 0 Å². The van der Waals surface area contributed by atoms with Crippen LogP contribution in [0.2, 0.25) is 15.1 Å². The summed E-state index contributed by atoms with van der Waals surface area (Å²) in [7, 11) is 0. The summed E-state index contributed by atoms with van der Waals surface area (Å²) in [6.07, 6.45) is 1.35. The van der Waals surface area contributed by atoms with Crippen molar-refractivity contribution in [1.82, 2.24) is 4.98 Å². The second-order valence-electron chi connectivity index (χ2n) is 3.08. The minimum absolute atomic E-state index is 0.271. The van der Waals surface area contributed by atoms with E-state index in [1.165, 1.54) is 18.3 Å². The van der Waals surface area contributed by atoms with Crippen LogP contribution >= 0.6 is 34.8 Å². The quantitative estimate of drug-likeness (QED) is 0.679. The van der Waals surface area contributed by atoms with E-state index in [1.807, 2.05) is 0 Å². The number of benzene rings is 1. The molecule has 82 valence electrons. The fraction of sp³-hybridized carbons (Fsp3) is 0. The summed E-state index contributed by atoms with van der Waals surface area (Å²) in [5.74, 6) is -0.405. The van der Waals surface area contributed by atoms with Gasteiger partial charge in [-0.3, -0.25) is 4.98 Å². The Morgan fingerprint density at radius 1 is 1.00 bits per heavy atom. The molecule has 0 aliphatic carbocycles. The topological polar surface area (TPSA) is 12.9 Å². The first-order chi connectivity index (χ1) is 7.59. The van der Waals surface area contributed by atoms with Crippen LogP contribution < -0.4 is 0 Å². The normalized spacial score (nSPS) is 10.5. The van der Waals surface area contributed by atoms with Gasteiger partial charge < -0.3 is 0 Å². The first-order valence-electron chi connectivity index (χ1n) is 4.35. The second kappa shape index (κ2) is 4.58. The minimum atomic E-state index is -0.405. The summed E-state index contributed by atoms with van der Waals surface area (Å²) in [5.41, 5.74) is 0.799. The van der Waals surface area contributed by atoms with Gasteiger partial charge in [-0.05, 0) is 18.2 Å². The van der Waals surface area contributed by atoms with Crippen molar-refractivity contribution in [3.8, 4) is 11.3 Å². The maximum atomic E-state index is 13.1. The van der Waals surface area contributed by atoms with Crippen LogP contribution in [0, 0.1) is 5.82 Å². The monoisotopic (exact) mass is 275 g/mol. The molecule has 1 aromatic heterocycles. The van der Waals surface area contributed by atoms with Gasteiger partial charge in [0, 0.05) is 17.8 Å². The van der Waals surface area contributed by atoms with Crippen molar-refractivity contribution in [2.24, 2.45) is 0 Å². The summed E-state index contributed by atoms with van der Waals surface area (Å²) in [5, 5.41) is 1.01. The van der Waals surface area contributed by atoms with Gasteiger partial charge in [-0.1, -0.05) is 34.8 Å². The van der Waals surface area contributed by atoms with Crippen LogP contribution in [0.25, 0.3) is 11.3 Å². The van der Waals surface area contributed by atoms with Crippen LogP contribution in [0.5, 0.6) is 0 Å². The summed E-state index contributed by atoms with van der Waals surface area (Å²) < 4.78 is 13.1. The number of halogens is 4. The fourth-order valence-corrected chi connectivity index (χ4v) is 2.03. The maximum absolute atomic E-state index is 13.1. The van der Waals surface area contributed by atoms with E-state index < -0.39 is 5.82 Å². The first kappa shape index (κ1) is 11.6. The molecule has 0 unspecified atom stereocenters. The molecule has 2 aromatic rings. The Kier molecular flexibility index (Phi) is 3.33. The number of aromatic nitrogens is 1. The molecule has 0 N–H and O–H groups in total. The van der Waals surface area contributed by atoms with E-state index in [0.717, 1.165) is 0 Å². The molecule has 0 fully saturated rings. The molecule has 0 aliphatic heterocycles. The summed E-state index contributed by atoms with van der Waals surface area (Å²) in [4.78, 5) is 4.01. The van der Waals surface area contributed by atoms with Crippen LogP contribution in [0.4, 0.5) is 4.39 Å². The molecule has 0 atom stereocenters. The molecule has 5 heteroatoms. The van der Waals surface area contributed by atoms with E-state index in [2.05, 4.69) is 4.98 Å². The van der Waals surface area contributed by atoms with Crippen LogP contribution in [0.15, 0.2) is 30.5 Å². The lowest BCUT2D eigenvalue weighted by atomic mass is 10.1. The van der Waals surface area contributed by atoms with Gasteiger partial charge in [-0.2, -0.15) is 0 Å². The van der Waals surface area contributed by atoms with Crippen molar-refractivity contribution in [2.45, 2.75) is 0 Å². The second-order valence-corrected chi connectivity index (χ2v) is 4.27. The predicted octanol–water partition coefficient (Wildman–Crippen LogP) is 4.85. The van der Waals surface area contributed by atoms with Gasteiger partial charge in [0.2, 0.25) is 0 Å². The lowest BCUT2D eigenvalue weighted by Crippen LogP contribution is -1.88. The Hall–Kier alpha value is -0.830. The van der Waals surface area contributed by atoms with Crippen molar-refractivity contribution in [3.63, 3.8) is 0 Å². The summed E-state index contributed by atoms with van der Waals surface area (Å²) in [6.45, 7) is 0. The Bertz CT molecular complexity index is 543. The molecule has 0 saturated carbocycles. The summed E-state index contributed by atoms with van der Waals surface area (Å²) in [6, 6.07) is 5.67. The van der Waals surface area contributed by atoms with E-state index in [1.54, 1.807) is 12.1 Å². The molecular formula is C11H5Cl3FN. The van der Waals surface area contributed by atoms with Gasteiger partial charge in [0.1, 0.15) is 5.82 Å². The van der Waals surface area contributed by atoms with Gasteiger partial charge in [0.05, 0.1) is 20.8 Å². The van der Waals surface area contributed by atoms with Crippen molar-refractivity contribution in [3.05, 3.63) is 51.3 Å². The smallest absolute Gasteiger partial charge is 0.126 e. The zero-order valence-corrected chi connectivity index (χ0v) is 10.1. The van der Waals surface area contributed by atoms with Gasteiger partial charge in [0.15, 0.2) is 0 Å². The highest BCUT2D eigenvalue weighted by atomic mass is 35.5. The van der Waals surface area contributed by atoms with Crippen molar-refractivity contribution in [2.75, 3.05) is 0 Å². The Morgan fingerprint density at radius 3 is 2.38 bits per heavy atom. The Morgan fingerprint density at radius 2 is 1.69 bits per heavy atom. The lowest BCUT2D eigenvalue weighted by molar-refractivity contribution is 0.626. The molecule has 0 bridgehead atoms. The minimum Gasteiger partial charge on any atom is -0.256 e. The number of rotatable bonds is 1. The highest BCUT2D eigenvalue weighted by Gasteiger charge is 2.13. The third-order valence-electron chi connectivity index (χ3n) is 2.02. The van der Waals surface area contributed by atoms with Crippen LogP contribution in [0.3, 0.4) is 0 Å². The number of nitrogens with zero attached hydrogens (tertiary/aromatic N) is 1. The van der Waals surface area contributed by atoms with E-state index in [-0.39, 0.29) is 5.02 Å². The van der Waals surface area contributed by atoms with E-state index in [9.17, 15) is 4.39 Å². The molecule has 0 aliphatic rings. The zero-order valence-electron chi connectivity index (χ0n) is 7.85. The standard InChI is InChI=1S/C11H5Cl3FN/c12-7-1-2-8(13)11(14)10(7)9-5-6(15)3-4-16-9/h1-5H. The maximum Gasteiger partial charge on any atom is 0.126 e. The van der Waals surface area contributed by atoms with E-state index in [0.29, 0.717) is 21.3 Å². The number of pyridine rings is 1. The third-order valence-corrected chi connectivity index (χ3v) is 3.14. The SMILES string of the molecule is Fc1ccnc(-c2c(Cl)ccc(Cl)c2Cl)c1. The highest BCUT2D eigenvalue weighted by Crippen LogP contribution is 2.38. The van der Waals surface area contributed by atoms with Crippen LogP contribution in [0.1, 0.15) is 0 Å². The van der Waals surface area contributed by atoms with Crippen molar-refractivity contribution in [1.29, 1.82) is 0 Å². The lowest BCUT2D eigenvalue weighted by Gasteiger charge is -2.07. The highest BCUT2D eigenvalue weighted by molar-refractivity contribution is 6.46. The predicted molar refractivity (Wildman–Crippen MR) is 64.7 cm³/mol. The molecule has 1 aromatic carbocycles. The average molecular weight is 277 g/mol. The fourth-order valence-electron chi connectivity index (χ4n) is 1.30. The molecule has 0 amide bonds. The van der Waals surface area contributed by atoms with Gasteiger partial charge in [0.25, 0.3) is 0 Å². The Labute approximate surface area is 107 Å². The van der Waals surface area contributed by atoms with Gasteiger partial charge in [-0.25, -0.2) is 4.39 Å². The molecule has 0 spiro atoms.